The number of nitrogens with one attached hydrogen (secondary N) is 1. The van der Waals surface area contributed by atoms with Crippen molar-refractivity contribution in [3.05, 3.63) is 59.2 Å². The molecule has 0 atom stereocenters. The van der Waals surface area contributed by atoms with E-state index >= 15 is 0 Å². The van der Waals surface area contributed by atoms with Gasteiger partial charge in [-0.2, -0.15) is 0 Å². The summed E-state index contributed by atoms with van der Waals surface area (Å²) < 4.78 is 5.23. The second-order valence-electron chi connectivity index (χ2n) is 5.55. The highest BCUT2D eigenvalue weighted by molar-refractivity contribution is 5.53. The van der Waals surface area contributed by atoms with Crippen molar-refractivity contribution >= 4 is 5.69 Å². The van der Waals surface area contributed by atoms with Crippen molar-refractivity contribution in [1.29, 1.82) is 0 Å². The van der Waals surface area contributed by atoms with Gasteiger partial charge in [0.1, 0.15) is 5.75 Å². The van der Waals surface area contributed by atoms with Gasteiger partial charge in [0, 0.05) is 12.2 Å². The van der Waals surface area contributed by atoms with Gasteiger partial charge >= 0.3 is 0 Å². The van der Waals surface area contributed by atoms with Crippen LogP contribution in [0.5, 0.6) is 5.75 Å². The fourth-order valence-corrected chi connectivity index (χ4v) is 2.48. The van der Waals surface area contributed by atoms with E-state index in [1.165, 1.54) is 29.5 Å². The number of aryl methyl sites for hydroxylation is 1. The first kappa shape index (κ1) is 13.0. The largest absolute Gasteiger partial charge is 0.497 e. The van der Waals surface area contributed by atoms with Crippen molar-refractivity contribution in [2.75, 3.05) is 12.4 Å². The lowest BCUT2D eigenvalue weighted by atomic mass is 10.1. The molecule has 0 aromatic heterocycles. The summed E-state index contributed by atoms with van der Waals surface area (Å²) in [6.45, 7) is 2.96. The number of benzene rings is 2. The monoisotopic (exact) mass is 267 g/mol. The molecule has 1 aliphatic rings. The first-order chi connectivity index (χ1) is 9.76. The first-order valence-corrected chi connectivity index (χ1v) is 7.23. The van der Waals surface area contributed by atoms with Crippen LogP contribution in [0.15, 0.2) is 42.5 Å². The van der Waals surface area contributed by atoms with Crippen molar-refractivity contribution in [1.82, 2.24) is 0 Å². The van der Waals surface area contributed by atoms with Crippen LogP contribution in [0, 0.1) is 6.92 Å². The molecule has 104 valence electrons. The average molecular weight is 267 g/mol. The summed E-state index contributed by atoms with van der Waals surface area (Å²) in [6.07, 6.45) is 2.73. The van der Waals surface area contributed by atoms with Crippen molar-refractivity contribution in [2.45, 2.75) is 32.2 Å². The van der Waals surface area contributed by atoms with E-state index in [4.69, 9.17) is 4.74 Å². The predicted octanol–water partition coefficient (Wildman–Crippen LogP) is 4.49. The molecule has 0 saturated heterocycles. The maximum absolute atomic E-state index is 5.23. The Labute approximate surface area is 120 Å². The molecule has 0 radical (unpaired) electrons. The Balaban J connectivity index is 1.63. The minimum Gasteiger partial charge on any atom is -0.497 e. The maximum atomic E-state index is 5.23. The van der Waals surface area contributed by atoms with Gasteiger partial charge in [0.25, 0.3) is 0 Å². The minimum atomic E-state index is 0.834. The van der Waals surface area contributed by atoms with Crippen molar-refractivity contribution in [3.63, 3.8) is 0 Å². The normalized spacial score (nSPS) is 14.1. The fourth-order valence-electron chi connectivity index (χ4n) is 2.48. The van der Waals surface area contributed by atoms with Gasteiger partial charge in [-0.25, -0.2) is 0 Å². The van der Waals surface area contributed by atoms with Crippen LogP contribution in [0.2, 0.25) is 0 Å². The molecule has 0 unspecified atom stereocenters. The summed E-state index contributed by atoms with van der Waals surface area (Å²) in [5.74, 6) is 1.74. The Bertz CT molecular complexity index is 585. The summed E-state index contributed by atoms with van der Waals surface area (Å²) in [4.78, 5) is 0. The van der Waals surface area contributed by atoms with E-state index in [9.17, 15) is 0 Å². The van der Waals surface area contributed by atoms with Crippen LogP contribution in [-0.4, -0.2) is 7.11 Å². The Hall–Kier alpha value is -1.96. The SMILES string of the molecule is COc1ccc(NCc2ccc(C3CC3)cc2)c(C)c1. The zero-order valence-corrected chi connectivity index (χ0v) is 12.1. The molecular formula is C18H21NO. The van der Waals surface area contributed by atoms with Crippen LogP contribution in [0.3, 0.4) is 0 Å². The number of hydrogen-bond acceptors (Lipinski definition) is 2. The molecule has 2 nitrogen and oxygen atoms in total. The Morgan fingerprint density at radius 3 is 2.45 bits per heavy atom. The molecule has 0 aliphatic heterocycles. The molecule has 1 fully saturated rings. The lowest BCUT2D eigenvalue weighted by Crippen LogP contribution is -2.01. The van der Waals surface area contributed by atoms with Gasteiger partial charge in [0.05, 0.1) is 7.11 Å². The third-order valence-corrected chi connectivity index (χ3v) is 3.95. The van der Waals surface area contributed by atoms with E-state index in [-0.39, 0.29) is 0 Å². The molecule has 1 N–H and O–H groups in total. The molecule has 1 aliphatic carbocycles. The van der Waals surface area contributed by atoms with Crippen molar-refractivity contribution in [2.24, 2.45) is 0 Å². The summed E-state index contributed by atoms with van der Waals surface area (Å²) in [6, 6.07) is 15.1. The quantitative estimate of drug-likeness (QED) is 0.861. The molecule has 0 heterocycles. The molecule has 2 aromatic carbocycles. The van der Waals surface area contributed by atoms with E-state index < -0.39 is 0 Å². The lowest BCUT2D eigenvalue weighted by molar-refractivity contribution is 0.414. The second kappa shape index (κ2) is 5.58. The van der Waals surface area contributed by atoms with E-state index in [1.54, 1.807) is 7.11 Å². The second-order valence-corrected chi connectivity index (χ2v) is 5.55. The molecule has 3 rings (SSSR count). The Morgan fingerprint density at radius 1 is 1.10 bits per heavy atom. The molecule has 0 bridgehead atoms. The van der Waals surface area contributed by atoms with Crippen LogP contribution < -0.4 is 10.1 Å². The van der Waals surface area contributed by atoms with Crippen LogP contribution in [0.4, 0.5) is 5.69 Å². The number of rotatable bonds is 5. The molecule has 2 aromatic rings. The van der Waals surface area contributed by atoms with E-state index in [1.807, 2.05) is 6.07 Å². The molecular weight excluding hydrogens is 246 g/mol. The standard InChI is InChI=1S/C18H21NO/c1-13-11-17(20-2)9-10-18(13)19-12-14-3-5-15(6-4-14)16-7-8-16/h3-6,9-11,16,19H,7-8,12H2,1-2H3. The number of methoxy groups -OCH3 is 1. The number of ether oxygens (including phenoxy) is 1. The van der Waals surface area contributed by atoms with Crippen LogP contribution in [0.1, 0.15) is 35.4 Å². The molecule has 0 spiro atoms. The van der Waals surface area contributed by atoms with E-state index in [0.29, 0.717) is 0 Å². The summed E-state index contributed by atoms with van der Waals surface area (Å²) in [5.41, 5.74) is 5.19. The van der Waals surface area contributed by atoms with Gasteiger partial charge in [0.2, 0.25) is 0 Å². The van der Waals surface area contributed by atoms with E-state index in [2.05, 4.69) is 48.6 Å². The van der Waals surface area contributed by atoms with Gasteiger partial charge in [-0.15, -0.1) is 0 Å². The van der Waals surface area contributed by atoms with Crippen LogP contribution >= 0.6 is 0 Å². The minimum absolute atomic E-state index is 0.834. The Morgan fingerprint density at radius 2 is 1.85 bits per heavy atom. The topological polar surface area (TPSA) is 21.3 Å². The fraction of sp³-hybridized carbons (Fsp3) is 0.333. The third kappa shape index (κ3) is 2.96. The maximum Gasteiger partial charge on any atom is 0.119 e. The number of hydrogen-bond donors (Lipinski definition) is 1. The molecule has 2 heteroatoms. The Kier molecular flexibility index (Phi) is 3.64. The highest BCUT2D eigenvalue weighted by Crippen LogP contribution is 2.39. The van der Waals surface area contributed by atoms with Gasteiger partial charge in [0.15, 0.2) is 0 Å². The lowest BCUT2D eigenvalue weighted by Gasteiger charge is -2.11. The van der Waals surface area contributed by atoms with Crippen LogP contribution in [0.25, 0.3) is 0 Å². The van der Waals surface area contributed by atoms with Gasteiger partial charge in [-0.05, 0) is 60.6 Å². The van der Waals surface area contributed by atoms with Crippen molar-refractivity contribution in [3.8, 4) is 5.75 Å². The average Bonchev–Trinajstić information content (AvgIpc) is 3.31. The zero-order chi connectivity index (χ0) is 13.9. The molecule has 0 amide bonds. The van der Waals surface area contributed by atoms with Crippen molar-refractivity contribution < 1.29 is 4.74 Å². The third-order valence-electron chi connectivity index (χ3n) is 3.95. The van der Waals surface area contributed by atoms with Gasteiger partial charge < -0.3 is 10.1 Å². The zero-order valence-electron chi connectivity index (χ0n) is 12.1. The molecule has 1 saturated carbocycles. The first-order valence-electron chi connectivity index (χ1n) is 7.23. The van der Waals surface area contributed by atoms with Gasteiger partial charge in [-0.1, -0.05) is 24.3 Å². The highest BCUT2D eigenvalue weighted by Gasteiger charge is 2.22. The van der Waals surface area contributed by atoms with Crippen LogP contribution in [-0.2, 0) is 6.54 Å². The summed E-state index contributed by atoms with van der Waals surface area (Å²) >= 11 is 0. The highest BCUT2D eigenvalue weighted by atomic mass is 16.5. The van der Waals surface area contributed by atoms with Gasteiger partial charge in [-0.3, -0.25) is 0 Å². The summed E-state index contributed by atoms with van der Waals surface area (Å²) in [5, 5.41) is 3.49. The number of anilines is 1. The molecule has 20 heavy (non-hydrogen) atoms. The van der Waals surface area contributed by atoms with E-state index in [0.717, 1.165) is 23.9 Å². The smallest absolute Gasteiger partial charge is 0.119 e. The summed E-state index contributed by atoms with van der Waals surface area (Å²) in [7, 11) is 1.70. The predicted molar refractivity (Wildman–Crippen MR) is 83.5 cm³/mol.